The number of hydrogen-bond donors (Lipinski definition) is 1. The molecule has 1 atom stereocenters. The SMILES string of the molecule is CC(C(=O)Nc1ccnn1C(C)C)N(C)Cc1nccn1C(F)F. The van der Waals surface area contributed by atoms with Crippen LogP contribution < -0.4 is 5.32 Å². The Bertz CT molecular complexity index is 681. The summed E-state index contributed by atoms with van der Waals surface area (Å²) < 4.78 is 28.2. The summed E-state index contributed by atoms with van der Waals surface area (Å²) in [5.74, 6) is 0.568. The fraction of sp³-hybridized carbons (Fsp3) is 0.533. The van der Waals surface area contributed by atoms with Crippen LogP contribution in [0.3, 0.4) is 0 Å². The molecule has 0 radical (unpaired) electrons. The van der Waals surface area contributed by atoms with Gasteiger partial charge in [0, 0.05) is 24.5 Å². The number of halogens is 2. The number of rotatable bonds is 7. The molecule has 1 unspecified atom stereocenters. The van der Waals surface area contributed by atoms with Crippen LogP contribution in [0.4, 0.5) is 14.6 Å². The van der Waals surface area contributed by atoms with Crippen molar-refractivity contribution in [3.8, 4) is 0 Å². The summed E-state index contributed by atoms with van der Waals surface area (Å²) >= 11 is 0. The number of carbonyl (C=O) groups excluding carboxylic acids is 1. The molecule has 0 bridgehead atoms. The van der Waals surface area contributed by atoms with E-state index in [1.807, 2.05) is 13.8 Å². The fourth-order valence-corrected chi connectivity index (χ4v) is 2.26. The number of hydrogen-bond acceptors (Lipinski definition) is 4. The molecule has 2 rings (SSSR count). The summed E-state index contributed by atoms with van der Waals surface area (Å²) in [4.78, 5) is 18.0. The van der Waals surface area contributed by atoms with Gasteiger partial charge in [-0.2, -0.15) is 13.9 Å². The summed E-state index contributed by atoms with van der Waals surface area (Å²) in [5.41, 5.74) is 0. The van der Waals surface area contributed by atoms with E-state index in [1.165, 1.54) is 12.4 Å². The first kappa shape index (κ1) is 18.1. The number of imidazole rings is 1. The van der Waals surface area contributed by atoms with Gasteiger partial charge in [0.2, 0.25) is 5.91 Å². The Kier molecular flexibility index (Phi) is 5.66. The third kappa shape index (κ3) is 3.97. The highest BCUT2D eigenvalue weighted by molar-refractivity contribution is 5.93. The molecule has 0 aliphatic rings. The molecule has 0 spiro atoms. The van der Waals surface area contributed by atoms with Gasteiger partial charge in [0.25, 0.3) is 0 Å². The molecule has 2 aromatic rings. The first-order valence-electron chi connectivity index (χ1n) is 7.65. The monoisotopic (exact) mass is 340 g/mol. The molecule has 24 heavy (non-hydrogen) atoms. The largest absolute Gasteiger partial charge is 0.319 e. The van der Waals surface area contributed by atoms with Gasteiger partial charge in [-0.15, -0.1) is 0 Å². The minimum Gasteiger partial charge on any atom is -0.310 e. The molecule has 2 aromatic heterocycles. The molecule has 9 heteroatoms. The Morgan fingerprint density at radius 1 is 1.33 bits per heavy atom. The molecule has 0 aromatic carbocycles. The van der Waals surface area contributed by atoms with Crippen LogP contribution >= 0.6 is 0 Å². The van der Waals surface area contributed by atoms with Gasteiger partial charge in [-0.1, -0.05) is 0 Å². The molecule has 0 aliphatic carbocycles. The van der Waals surface area contributed by atoms with Crippen LogP contribution in [0.15, 0.2) is 24.7 Å². The molecule has 0 aliphatic heterocycles. The van der Waals surface area contributed by atoms with Gasteiger partial charge < -0.3 is 5.32 Å². The fourth-order valence-electron chi connectivity index (χ4n) is 2.26. The number of alkyl halides is 2. The van der Waals surface area contributed by atoms with E-state index in [4.69, 9.17) is 0 Å². The van der Waals surface area contributed by atoms with E-state index in [0.29, 0.717) is 5.82 Å². The number of amides is 1. The second-order valence-corrected chi connectivity index (χ2v) is 5.86. The number of carbonyl (C=O) groups is 1. The lowest BCUT2D eigenvalue weighted by atomic mass is 10.2. The highest BCUT2D eigenvalue weighted by Crippen LogP contribution is 2.16. The lowest BCUT2D eigenvalue weighted by molar-refractivity contribution is -0.120. The van der Waals surface area contributed by atoms with Crippen LogP contribution in [0.2, 0.25) is 0 Å². The number of likely N-dealkylation sites (N-methyl/N-ethyl adjacent to an activating group) is 1. The van der Waals surface area contributed by atoms with Crippen molar-refractivity contribution < 1.29 is 13.6 Å². The van der Waals surface area contributed by atoms with E-state index < -0.39 is 12.6 Å². The van der Waals surface area contributed by atoms with Gasteiger partial charge in [0.1, 0.15) is 11.6 Å². The lowest BCUT2D eigenvalue weighted by Gasteiger charge is -2.24. The van der Waals surface area contributed by atoms with Crippen LogP contribution in [0, 0.1) is 0 Å². The van der Waals surface area contributed by atoms with Crippen molar-refractivity contribution in [3.05, 3.63) is 30.5 Å². The highest BCUT2D eigenvalue weighted by Gasteiger charge is 2.22. The number of nitrogens with zero attached hydrogens (tertiary/aromatic N) is 5. The molecule has 7 nitrogen and oxygen atoms in total. The zero-order valence-electron chi connectivity index (χ0n) is 14.1. The summed E-state index contributed by atoms with van der Waals surface area (Å²) in [6.07, 6.45) is 4.16. The summed E-state index contributed by atoms with van der Waals surface area (Å²) in [6, 6.07) is 1.30. The second kappa shape index (κ2) is 7.52. The minimum atomic E-state index is -2.65. The quantitative estimate of drug-likeness (QED) is 0.841. The second-order valence-electron chi connectivity index (χ2n) is 5.86. The zero-order chi connectivity index (χ0) is 17.9. The number of anilines is 1. The molecule has 0 saturated heterocycles. The van der Waals surface area contributed by atoms with Crippen molar-refractivity contribution in [1.82, 2.24) is 24.2 Å². The first-order valence-corrected chi connectivity index (χ1v) is 7.65. The Morgan fingerprint density at radius 2 is 2.04 bits per heavy atom. The van der Waals surface area contributed by atoms with Crippen molar-refractivity contribution in [2.75, 3.05) is 12.4 Å². The maximum Gasteiger partial charge on any atom is 0.319 e. The molecular formula is C15H22F2N6O. The molecule has 0 saturated carbocycles. The van der Waals surface area contributed by atoms with E-state index >= 15 is 0 Å². The number of nitrogens with one attached hydrogen (secondary N) is 1. The van der Waals surface area contributed by atoms with Crippen LogP contribution in [0.5, 0.6) is 0 Å². The van der Waals surface area contributed by atoms with Gasteiger partial charge in [0.15, 0.2) is 0 Å². The Balaban J connectivity index is 2.02. The molecule has 1 amide bonds. The third-order valence-corrected chi connectivity index (χ3v) is 3.80. The maximum atomic E-state index is 12.9. The van der Waals surface area contributed by atoms with Gasteiger partial charge in [-0.3, -0.25) is 14.3 Å². The predicted molar refractivity (Wildman–Crippen MR) is 85.7 cm³/mol. The standard InChI is InChI=1S/C15H22F2N6O/c1-10(2)23-12(5-6-19-23)20-14(24)11(3)21(4)9-13-18-7-8-22(13)15(16)17/h5-8,10-11,15H,9H2,1-4H3,(H,20,24). The van der Waals surface area contributed by atoms with Gasteiger partial charge in [-0.05, 0) is 27.8 Å². The zero-order valence-corrected chi connectivity index (χ0v) is 14.1. The molecular weight excluding hydrogens is 318 g/mol. The normalized spacial score (nSPS) is 13.0. The van der Waals surface area contributed by atoms with E-state index in [0.717, 1.165) is 4.57 Å². The van der Waals surface area contributed by atoms with Gasteiger partial charge in [0.05, 0.1) is 18.8 Å². The van der Waals surface area contributed by atoms with E-state index in [-0.39, 0.29) is 24.3 Å². The number of aromatic nitrogens is 4. The summed E-state index contributed by atoms with van der Waals surface area (Å²) in [5, 5.41) is 6.97. The van der Waals surface area contributed by atoms with Crippen molar-refractivity contribution >= 4 is 11.7 Å². The van der Waals surface area contributed by atoms with Crippen molar-refractivity contribution in [1.29, 1.82) is 0 Å². The van der Waals surface area contributed by atoms with Crippen LogP contribution in [-0.2, 0) is 11.3 Å². The van der Waals surface area contributed by atoms with Gasteiger partial charge >= 0.3 is 6.55 Å². The van der Waals surface area contributed by atoms with E-state index in [1.54, 1.807) is 35.8 Å². The van der Waals surface area contributed by atoms with Crippen molar-refractivity contribution in [2.24, 2.45) is 0 Å². The predicted octanol–water partition coefficient (Wildman–Crippen LogP) is 2.51. The maximum absolute atomic E-state index is 12.9. The van der Waals surface area contributed by atoms with Crippen LogP contribution in [-0.4, -0.2) is 43.2 Å². The minimum absolute atomic E-state index is 0.113. The Labute approximate surface area is 139 Å². The van der Waals surface area contributed by atoms with Crippen molar-refractivity contribution in [2.45, 2.75) is 45.9 Å². The Hall–Kier alpha value is -2.29. The average molecular weight is 340 g/mol. The highest BCUT2D eigenvalue weighted by atomic mass is 19.3. The molecule has 2 heterocycles. The molecule has 1 N–H and O–H groups in total. The van der Waals surface area contributed by atoms with E-state index in [2.05, 4.69) is 15.4 Å². The van der Waals surface area contributed by atoms with Crippen LogP contribution in [0.1, 0.15) is 39.2 Å². The third-order valence-electron chi connectivity index (χ3n) is 3.80. The lowest BCUT2D eigenvalue weighted by Crippen LogP contribution is -2.40. The summed E-state index contributed by atoms with van der Waals surface area (Å²) in [7, 11) is 1.69. The average Bonchev–Trinajstić information content (AvgIpc) is 3.15. The topological polar surface area (TPSA) is 68.0 Å². The first-order chi connectivity index (χ1) is 11.3. The van der Waals surface area contributed by atoms with E-state index in [9.17, 15) is 13.6 Å². The van der Waals surface area contributed by atoms with Crippen LogP contribution in [0.25, 0.3) is 0 Å². The Morgan fingerprint density at radius 3 is 2.67 bits per heavy atom. The smallest absolute Gasteiger partial charge is 0.310 e. The molecule has 132 valence electrons. The van der Waals surface area contributed by atoms with Gasteiger partial charge in [-0.25, -0.2) is 9.67 Å². The molecule has 0 fully saturated rings. The van der Waals surface area contributed by atoms with Crippen molar-refractivity contribution in [3.63, 3.8) is 0 Å². The summed E-state index contributed by atoms with van der Waals surface area (Å²) in [6.45, 7) is 3.11.